The lowest BCUT2D eigenvalue weighted by atomic mass is 10.1. The van der Waals surface area contributed by atoms with Crippen LogP contribution in [0.1, 0.15) is 24.3 Å². The van der Waals surface area contributed by atoms with Crippen LogP contribution < -0.4 is 10.1 Å². The summed E-state index contributed by atoms with van der Waals surface area (Å²) in [5.41, 5.74) is 2.70. The molecule has 0 spiro atoms. The fourth-order valence-electron chi connectivity index (χ4n) is 3.08. The molecule has 3 heterocycles. The molecule has 0 aliphatic carbocycles. The van der Waals surface area contributed by atoms with E-state index in [2.05, 4.69) is 25.5 Å². The minimum absolute atomic E-state index is 0.187. The average molecular weight is 420 g/mol. The number of hydrogen-bond donors (Lipinski definition) is 1. The first-order valence-electron chi connectivity index (χ1n) is 9.60. The van der Waals surface area contributed by atoms with Crippen LogP contribution in [-0.4, -0.2) is 51.3 Å². The number of anilines is 1. The number of aromatic nitrogens is 3. The topological polar surface area (TPSA) is 123 Å². The normalized spacial score (nSPS) is 13.7. The van der Waals surface area contributed by atoms with Crippen LogP contribution in [0.25, 0.3) is 11.4 Å². The molecular formula is C21H20N6O4. The lowest BCUT2D eigenvalue weighted by Crippen LogP contribution is -2.38. The molecule has 0 fully saturated rings. The van der Waals surface area contributed by atoms with E-state index < -0.39 is 5.91 Å². The molecular weight excluding hydrogens is 400 g/mol. The van der Waals surface area contributed by atoms with E-state index in [1.807, 2.05) is 13.0 Å². The van der Waals surface area contributed by atoms with Gasteiger partial charge in [0.15, 0.2) is 0 Å². The largest absolute Gasteiger partial charge is 0.495 e. The Morgan fingerprint density at radius 1 is 1.23 bits per heavy atom. The van der Waals surface area contributed by atoms with E-state index in [9.17, 15) is 9.59 Å². The van der Waals surface area contributed by atoms with Crippen LogP contribution in [-0.2, 0) is 9.59 Å². The molecule has 1 aliphatic rings. The molecule has 0 saturated carbocycles. The summed E-state index contributed by atoms with van der Waals surface area (Å²) in [4.78, 5) is 33.2. The molecule has 0 atom stereocenters. The number of carbonyl (C=O) groups is 2. The van der Waals surface area contributed by atoms with Crippen LogP contribution >= 0.6 is 0 Å². The summed E-state index contributed by atoms with van der Waals surface area (Å²) in [7, 11) is 1.52. The predicted molar refractivity (Wildman–Crippen MR) is 111 cm³/mol. The Morgan fingerprint density at radius 2 is 2.03 bits per heavy atom. The first-order valence-corrected chi connectivity index (χ1v) is 9.60. The van der Waals surface area contributed by atoms with Crippen LogP contribution in [0.2, 0.25) is 0 Å². The van der Waals surface area contributed by atoms with Crippen LogP contribution in [0.3, 0.4) is 0 Å². The number of aryl methyl sites for hydroxylation is 1. The molecule has 2 aromatic heterocycles. The molecule has 1 N–H and O–H groups in total. The number of amides is 2. The second kappa shape index (κ2) is 8.74. The van der Waals surface area contributed by atoms with E-state index in [4.69, 9.17) is 9.26 Å². The second-order valence-corrected chi connectivity index (χ2v) is 6.91. The first-order chi connectivity index (χ1) is 15.0. The fraction of sp³-hybridized carbons (Fsp3) is 0.238. The monoisotopic (exact) mass is 420 g/mol. The lowest BCUT2D eigenvalue weighted by molar-refractivity contribution is -0.135. The summed E-state index contributed by atoms with van der Waals surface area (Å²) in [5, 5.41) is 12.1. The van der Waals surface area contributed by atoms with E-state index in [0.717, 1.165) is 16.1 Å². The van der Waals surface area contributed by atoms with Gasteiger partial charge in [-0.1, -0.05) is 11.2 Å². The highest BCUT2D eigenvalue weighted by molar-refractivity contribution is 6.02. The van der Waals surface area contributed by atoms with Crippen molar-refractivity contribution in [3.8, 4) is 17.1 Å². The van der Waals surface area contributed by atoms with Crippen molar-refractivity contribution in [2.75, 3.05) is 19.0 Å². The molecule has 0 bridgehead atoms. The van der Waals surface area contributed by atoms with Gasteiger partial charge in [-0.3, -0.25) is 14.6 Å². The molecule has 1 aromatic carbocycles. The third-order valence-corrected chi connectivity index (χ3v) is 4.64. The molecule has 10 heteroatoms. The van der Waals surface area contributed by atoms with Crippen LogP contribution in [0, 0.1) is 6.92 Å². The number of nitrogens with one attached hydrogen (secondary N) is 1. The van der Waals surface area contributed by atoms with Gasteiger partial charge >= 0.3 is 0 Å². The average Bonchev–Trinajstić information content (AvgIpc) is 3.26. The molecule has 10 nitrogen and oxygen atoms in total. The van der Waals surface area contributed by atoms with E-state index in [0.29, 0.717) is 29.4 Å². The summed E-state index contributed by atoms with van der Waals surface area (Å²) in [6, 6.07) is 8.96. The molecule has 31 heavy (non-hydrogen) atoms. The summed E-state index contributed by atoms with van der Waals surface area (Å²) in [5.74, 6) is 0.481. The Hall–Kier alpha value is -4.08. The summed E-state index contributed by atoms with van der Waals surface area (Å²) in [6.45, 7) is 1.66. The number of rotatable bonds is 6. The number of hydrogen-bond acceptors (Lipinski definition) is 8. The molecule has 0 radical (unpaired) electrons. The third-order valence-electron chi connectivity index (χ3n) is 4.64. The van der Waals surface area contributed by atoms with Crippen molar-refractivity contribution in [3.63, 3.8) is 0 Å². The Morgan fingerprint density at radius 3 is 2.81 bits per heavy atom. The zero-order chi connectivity index (χ0) is 21.8. The zero-order valence-corrected chi connectivity index (χ0v) is 17.0. The first kappa shape index (κ1) is 20.2. The van der Waals surface area contributed by atoms with E-state index in [-0.39, 0.29) is 24.8 Å². The fourth-order valence-corrected chi connectivity index (χ4v) is 3.08. The van der Waals surface area contributed by atoms with Crippen LogP contribution in [0.4, 0.5) is 5.69 Å². The number of nitrogens with zero attached hydrogens (tertiary/aromatic N) is 5. The standard InChI is InChI=1S/C21H20N6O4/c1-13-3-5-17(30-2)16(11-13)23-18(28)12-27-19(29)6-4-15(25-27)21-24-20(26-31-21)14-7-9-22-10-8-14/h3,5,7-11H,4,6,12H2,1-2H3,(H,23,28). The highest BCUT2D eigenvalue weighted by Gasteiger charge is 2.26. The minimum atomic E-state index is -0.398. The maximum atomic E-state index is 12.6. The quantitative estimate of drug-likeness (QED) is 0.649. The van der Waals surface area contributed by atoms with E-state index in [1.165, 1.54) is 7.11 Å². The number of ether oxygens (including phenoxy) is 1. The Labute approximate surface area is 177 Å². The maximum absolute atomic E-state index is 12.6. The summed E-state index contributed by atoms with van der Waals surface area (Å²) >= 11 is 0. The Kier molecular flexibility index (Phi) is 5.69. The maximum Gasteiger partial charge on any atom is 0.274 e. The van der Waals surface area contributed by atoms with E-state index >= 15 is 0 Å². The van der Waals surface area contributed by atoms with Crippen molar-refractivity contribution >= 4 is 23.2 Å². The zero-order valence-electron chi connectivity index (χ0n) is 17.0. The molecule has 1 aliphatic heterocycles. The van der Waals surface area contributed by atoms with Crippen molar-refractivity contribution in [1.82, 2.24) is 20.1 Å². The van der Waals surface area contributed by atoms with Gasteiger partial charge in [-0.15, -0.1) is 0 Å². The van der Waals surface area contributed by atoms with Gasteiger partial charge in [0.05, 0.1) is 12.8 Å². The highest BCUT2D eigenvalue weighted by Crippen LogP contribution is 2.25. The predicted octanol–water partition coefficient (Wildman–Crippen LogP) is 2.41. The number of benzene rings is 1. The van der Waals surface area contributed by atoms with Crippen molar-refractivity contribution in [1.29, 1.82) is 0 Å². The summed E-state index contributed by atoms with van der Waals surface area (Å²) < 4.78 is 10.6. The van der Waals surface area contributed by atoms with Gasteiger partial charge in [0, 0.05) is 30.8 Å². The van der Waals surface area contributed by atoms with Gasteiger partial charge in [0.2, 0.25) is 17.6 Å². The number of pyridine rings is 1. The van der Waals surface area contributed by atoms with Gasteiger partial charge < -0.3 is 14.6 Å². The molecule has 0 saturated heterocycles. The van der Waals surface area contributed by atoms with Gasteiger partial charge in [-0.25, -0.2) is 5.01 Å². The number of methoxy groups -OCH3 is 1. The van der Waals surface area contributed by atoms with Crippen molar-refractivity contribution in [2.24, 2.45) is 5.10 Å². The minimum Gasteiger partial charge on any atom is -0.495 e. The molecule has 0 unspecified atom stereocenters. The number of carbonyl (C=O) groups excluding carboxylic acids is 2. The lowest BCUT2D eigenvalue weighted by Gasteiger charge is -2.22. The van der Waals surface area contributed by atoms with Crippen LogP contribution in [0.5, 0.6) is 5.75 Å². The van der Waals surface area contributed by atoms with Gasteiger partial charge in [0.25, 0.3) is 5.89 Å². The molecule has 3 aromatic rings. The van der Waals surface area contributed by atoms with E-state index in [1.54, 1.807) is 36.7 Å². The Balaban J connectivity index is 1.49. The van der Waals surface area contributed by atoms with Gasteiger partial charge in [-0.05, 0) is 36.8 Å². The highest BCUT2D eigenvalue weighted by atomic mass is 16.5. The third kappa shape index (κ3) is 4.58. The van der Waals surface area contributed by atoms with Crippen LogP contribution in [0.15, 0.2) is 52.4 Å². The van der Waals surface area contributed by atoms with Gasteiger partial charge in [0.1, 0.15) is 18.0 Å². The van der Waals surface area contributed by atoms with Crippen molar-refractivity contribution < 1.29 is 18.8 Å². The Bertz CT molecular complexity index is 1140. The van der Waals surface area contributed by atoms with Gasteiger partial charge in [-0.2, -0.15) is 10.1 Å². The SMILES string of the molecule is COc1ccc(C)cc1NC(=O)CN1N=C(c2nc(-c3ccncc3)no2)CCC1=O. The number of hydrazone groups is 1. The smallest absolute Gasteiger partial charge is 0.274 e. The molecule has 4 rings (SSSR count). The molecule has 158 valence electrons. The second-order valence-electron chi connectivity index (χ2n) is 6.91. The summed E-state index contributed by atoms with van der Waals surface area (Å²) in [6.07, 6.45) is 3.80. The van der Waals surface area contributed by atoms with Crippen molar-refractivity contribution in [3.05, 3.63) is 54.2 Å². The van der Waals surface area contributed by atoms with Crippen molar-refractivity contribution in [2.45, 2.75) is 19.8 Å². The molecule has 2 amide bonds.